The second-order valence-electron chi connectivity index (χ2n) is 4.09. The number of carboxylic acids is 1. The normalized spacial score (nSPS) is 11.0. The van der Waals surface area contributed by atoms with E-state index in [-0.39, 0.29) is 5.56 Å². The Hall–Kier alpha value is -1.84. The van der Waals surface area contributed by atoms with Crippen LogP contribution in [-0.4, -0.2) is 22.3 Å². The number of carbonyl (C=O) groups is 1. The number of fused-ring (bicyclic) bond motifs is 1. The molecule has 0 aliphatic carbocycles. The molecule has 1 heterocycles. The van der Waals surface area contributed by atoms with E-state index < -0.39 is 12.6 Å². The lowest BCUT2D eigenvalue weighted by Gasteiger charge is -2.04. The lowest BCUT2D eigenvalue weighted by atomic mass is 10.1. The highest BCUT2D eigenvalue weighted by molar-refractivity contribution is 5.95. The van der Waals surface area contributed by atoms with E-state index in [0.717, 1.165) is 22.2 Å². The summed E-state index contributed by atoms with van der Waals surface area (Å²) < 4.78 is 14.4. The molecule has 0 radical (unpaired) electrons. The van der Waals surface area contributed by atoms with Gasteiger partial charge in [0.05, 0.1) is 12.1 Å². The van der Waals surface area contributed by atoms with Crippen molar-refractivity contribution in [1.82, 2.24) is 4.57 Å². The molecule has 0 saturated carbocycles. The molecule has 1 aromatic carbocycles. The monoisotopic (exact) mass is 235 g/mol. The number of aromatic carboxylic acids is 1. The minimum atomic E-state index is -0.942. The molecule has 2 aromatic rings. The fourth-order valence-corrected chi connectivity index (χ4v) is 2.16. The maximum Gasteiger partial charge on any atom is 0.335 e. The average molecular weight is 235 g/mol. The van der Waals surface area contributed by atoms with Gasteiger partial charge in [-0.25, -0.2) is 9.18 Å². The molecule has 4 heteroatoms. The molecule has 3 nitrogen and oxygen atoms in total. The van der Waals surface area contributed by atoms with Crippen molar-refractivity contribution in [3.05, 3.63) is 35.0 Å². The SMILES string of the molecule is Cc1c(C)n(CCF)c2ccc(C(=O)O)cc12. The van der Waals surface area contributed by atoms with Gasteiger partial charge in [-0.2, -0.15) is 0 Å². The van der Waals surface area contributed by atoms with Crippen LogP contribution in [0.2, 0.25) is 0 Å². The van der Waals surface area contributed by atoms with Crippen molar-refractivity contribution in [2.24, 2.45) is 0 Å². The van der Waals surface area contributed by atoms with Crippen LogP contribution in [0.15, 0.2) is 18.2 Å². The van der Waals surface area contributed by atoms with Gasteiger partial charge < -0.3 is 9.67 Å². The summed E-state index contributed by atoms with van der Waals surface area (Å²) in [7, 11) is 0. The van der Waals surface area contributed by atoms with Crippen molar-refractivity contribution in [2.75, 3.05) is 6.67 Å². The average Bonchev–Trinajstić information content (AvgIpc) is 2.54. The molecule has 0 fully saturated rings. The van der Waals surface area contributed by atoms with Gasteiger partial charge in [0, 0.05) is 16.6 Å². The van der Waals surface area contributed by atoms with Gasteiger partial charge in [-0.1, -0.05) is 0 Å². The Balaban J connectivity index is 2.71. The van der Waals surface area contributed by atoms with Gasteiger partial charge in [0.25, 0.3) is 0 Å². The molecule has 17 heavy (non-hydrogen) atoms. The highest BCUT2D eigenvalue weighted by atomic mass is 19.1. The van der Waals surface area contributed by atoms with Gasteiger partial charge in [0.15, 0.2) is 0 Å². The van der Waals surface area contributed by atoms with E-state index in [0.29, 0.717) is 6.54 Å². The Morgan fingerprint density at radius 3 is 2.71 bits per heavy atom. The van der Waals surface area contributed by atoms with Gasteiger partial charge in [-0.05, 0) is 37.6 Å². The molecule has 1 aromatic heterocycles. The number of halogens is 1. The highest BCUT2D eigenvalue weighted by Crippen LogP contribution is 2.26. The molecule has 0 amide bonds. The summed E-state index contributed by atoms with van der Waals surface area (Å²) in [5, 5.41) is 9.83. The molecule has 90 valence electrons. The van der Waals surface area contributed by atoms with Crippen molar-refractivity contribution in [2.45, 2.75) is 20.4 Å². The van der Waals surface area contributed by atoms with Gasteiger partial charge in [-0.15, -0.1) is 0 Å². The summed E-state index contributed by atoms with van der Waals surface area (Å²) in [6.07, 6.45) is 0. The van der Waals surface area contributed by atoms with Gasteiger partial charge >= 0.3 is 5.97 Å². The Bertz CT molecular complexity index is 587. The number of rotatable bonds is 3. The predicted octanol–water partition coefficient (Wildman–Crippen LogP) is 2.93. The molecule has 0 aliphatic rings. The number of aryl methyl sites for hydroxylation is 2. The summed E-state index contributed by atoms with van der Waals surface area (Å²) in [6, 6.07) is 4.95. The number of hydrogen-bond donors (Lipinski definition) is 1. The molecule has 2 rings (SSSR count). The fourth-order valence-electron chi connectivity index (χ4n) is 2.16. The smallest absolute Gasteiger partial charge is 0.335 e. The van der Waals surface area contributed by atoms with Crippen LogP contribution >= 0.6 is 0 Å². The first-order valence-corrected chi connectivity index (χ1v) is 5.45. The van der Waals surface area contributed by atoms with Crippen LogP contribution in [-0.2, 0) is 6.54 Å². The maximum atomic E-state index is 12.5. The van der Waals surface area contributed by atoms with Crippen molar-refractivity contribution in [1.29, 1.82) is 0 Å². The molecule has 0 atom stereocenters. The molecule has 0 saturated heterocycles. The Kier molecular flexibility index (Phi) is 2.88. The summed E-state index contributed by atoms with van der Waals surface area (Å²) in [6.45, 7) is 3.73. The first-order valence-electron chi connectivity index (χ1n) is 5.45. The van der Waals surface area contributed by atoms with Crippen molar-refractivity contribution >= 4 is 16.9 Å². The van der Waals surface area contributed by atoms with Crippen molar-refractivity contribution < 1.29 is 14.3 Å². The Morgan fingerprint density at radius 1 is 1.41 bits per heavy atom. The summed E-state index contributed by atoms with van der Waals surface area (Å²) >= 11 is 0. The van der Waals surface area contributed by atoms with E-state index in [1.807, 2.05) is 18.4 Å². The van der Waals surface area contributed by atoms with E-state index >= 15 is 0 Å². The summed E-state index contributed by atoms with van der Waals surface area (Å²) in [5.74, 6) is -0.942. The number of carboxylic acid groups (broad SMARTS) is 1. The minimum Gasteiger partial charge on any atom is -0.478 e. The number of alkyl halides is 1. The third-order valence-corrected chi connectivity index (χ3v) is 3.19. The van der Waals surface area contributed by atoms with Gasteiger partial charge in [-0.3, -0.25) is 0 Å². The second kappa shape index (κ2) is 4.20. The van der Waals surface area contributed by atoms with E-state index in [4.69, 9.17) is 5.11 Å². The zero-order valence-corrected chi connectivity index (χ0v) is 9.83. The van der Waals surface area contributed by atoms with Crippen LogP contribution in [0.25, 0.3) is 10.9 Å². The molecule has 0 unspecified atom stereocenters. The standard InChI is InChI=1S/C13H14FNO2/c1-8-9(2)15(6-5-14)12-4-3-10(13(16)17)7-11(8)12/h3-4,7H,5-6H2,1-2H3,(H,16,17). The fraction of sp³-hybridized carbons (Fsp3) is 0.308. The number of hydrogen-bond acceptors (Lipinski definition) is 1. The first kappa shape index (κ1) is 11.6. The quantitative estimate of drug-likeness (QED) is 0.888. The molecule has 0 bridgehead atoms. The maximum absolute atomic E-state index is 12.5. The summed E-state index contributed by atoms with van der Waals surface area (Å²) in [4.78, 5) is 10.9. The lowest BCUT2D eigenvalue weighted by Crippen LogP contribution is -2.02. The largest absolute Gasteiger partial charge is 0.478 e. The third-order valence-electron chi connectivity index (χ3n) is 3.19. The van der Waals surface area contributed by atoms with Crippen LogP contribution in [0, 0.1) is 13.8 Å². The lowest BCUT2D eigenvalue weighted by molar-refractivity contribution is 0.0697. The van der Waals surface area contributed by atoms with Gasteiger partial charge in [0.2, 0.25) is 0 Å². The van der Waals surface area contributed by atoms with E-state index in [1.165, 1.54) is 0 Å². The Morgan fingerprint density at radius 2 is 2.12 bits per heavy atom. The number of nitrogens with zero attached hydrogens (tertiary/aromatic N) is 1. The first-order chi connectivity index (χ1) is 8.06. The van der Waals surface area contributed by atoms with Crippen LogP contribution in [0.1, 0.15) is 21.6 Å². The molecule has 1 N–H and O–H groups in total. The Labute approximate surface area is 98.5 Å². The minimum absolute atomic E-state index is 0.262. The zero-order valence-electron chi connectivity index (χ0n) is 9.83. The number of aromatic nitrogens is 1. The topological polar surface area (TPSA) is 42.2 Å². The summed E-state index contributed by atoms with van der Waals surface area (Å²) in [5.41, 5.74) is 3.15. The highest BCUT2D eigenvalue weighted by Gasteiger charge is 2.12. The van der Waals surface area contributed by atoms with E-state index in [9.17, 15) is 9.18 Å². The van der Waals surface area contributed by atoms with Gasteiger partial charge in [0.1, 0.15) is 6.67 Å². The molecule has 0 aliphatic heterocycles. The molecule has 0 spiro atoms. The molecular weight excluding hydrogens is 221 g/mol. The predicted molar refractivity (Wildman–Crippen MR) is 64.3 cm³/mol. The van der Waals surface area contributed by atoms with Crippen LogP contribution in [0.5, 0.6) is 0 Å². The van der Waals surface area contributed by atoms with Crippen molar-refractivity contribution in [3.8, 4) is 0 Å². The van der Waals surface area contributed by atoms with Crippen LogP contribution in [0.3, 0.4) is 0 Å². The van der Waals surface area contributed by atoms with E-state index in [2.05, 4.69) is 0 Å². The van der Waals surface area contributed by atoms with Crippen LogP contribution in [0.4, 0.5) is 4.39 Å². The zero-order chi connectivity index (χ0) is 12.6. The number of benzene rings is 1. The van der Waals surface area contributed by atoms with Crippen molar-refractivity contribution in [3.63, 3.8) is 0 Å². The third kappa shape index (κ3) is 1.79. The van der Waals surface area contributed by atoms with Crippen LogP contribution < -0.4 is 0 Å². The van der Waals surface area contributed by atoms with E-state index in [1.54, 1.807) is 18.2 Å². The second-order valence-corrected chi connectivity index (χ2v) is 4.09. The molecular formula is C13H14FNO2.